The normalized spacial score (nSPS) is 29.0. The molecule has 1 spiro atoms. The standard InChI is InChI=1S/C16H25NO4/c1-21-10-7-15(3-2-4-15)14(20)17-8-5-16(6-9-17)11-12(16)13(18)19/h12H,2-11H2,1H3,(H,18,19). The molecule has 3 rings (SSSR count). The maximum atomic E-state index is 12.8. The van der Waals surface area contributed by atoms with E-state index in [1.54, 1.807) is 7.11 Å². The molecular formula is C16H25NO4. The van der Waals surface area contributed by atoms with Crippen molar-refractivity contribution in [1.29, 1.82) is 0 Å². The predicted octanol–water partition coefficient (Wildman–Crippen LogP) is 1.91. The molecule has 1 atom stereocenters. The highest BCUT2D eigenvalue weighted by atomic mass is 16.5. The molecule has 1 unspecified atom stereocenters. The van der Waals surface area contributed by atoms with Crippen molar-refractivity contribution in [2.75, 3.05) is 26.8 Å². The third-order valence-electron chi connectivity index (χ3n) is 6.08. The summed E-state index contributed by atoms with van der Waals surface area (Å²) in [5, 5.41) is 9.12. The molecule has 1 amide bonds. The fourth-order valence-corrected chi connectivity index (χ4v) is 4.21. The number of carboxylic acids is 1. The number of rotatable bonds is 5. The van der Waals surface area contributed by atoms with Crippen LogP contribution in [0.1, 0.15) is 44.9 Å². The van der Waals surface area contributed by atoms with Crippen LogP contribution in [0.2, 0.25) is 0 Å². The molecule has 0 aromatic rings. The first-order chi connectivity index (χ1) is 10.0. The van der Waals surface area contributed by atoms with Crippen molar-refractivity contribution in [3.05, 3.63) is 0 Å². The Kier molecular flexibility index (Phi) is 3.72. The van der Waals surface area contributed by atoms with Crippen molar-refractivity contribution in [3.8, 4) is 0 Å². The minimum atomic E-state index is -0.662. The van der Waals surface area contributed by atoms with E-state index in [4.69, 9.17) is 9.84 Å². The van der Waals surface area contributed by atoms with Crippen molar-refractivity contribution in [2.24, 2.45) is 16.7 Å². The first kappa shape index (κ1) is 14.8. The van der Waals surface area contributed by atoms with E-state index in [1.165, 1.54) is 0 Å². The second-order valence-electron chi connectivity index (χ2n) is 7.13. The molecule has 3 fully saturated rings. The van der Waals surface area contributed by atoms with Crippen molar-refractivity contribution in [3.63, 3.8) is 0 Å². The number of carbonyl (C=O) groups is 2. The van der Waals surface area contributed by atoms with Crippen LogP contribution in [-0.4, -0.2) is 48.7 Å². The molecule has 5 heteroatoms. The Hall–Kier alpha value is -1.10. The molecule has 0 aromatic heterocycles. The van der Waals surface area contributed by atoms with Crippen LogP contribution in [0, 0.1) is 16.7 Å². The van der Waals surface area contributed by atoms with E-state index in [9.17, 15) is 9.59 Å². The van der Waals surface area contributed by atoms with Gasteiger partial charge in [-0.05, 0) is 43.9 Å². The Morgan fingerprint density at radius 1 is 1.24 bits per heavy atom. The third-order valence-corrected chi connectivity index (χ3v) is 6.08. The third kappa shape index (κ3) is 2.45. The second-order valence-corrected chi connectivity index (χ2v) is 7.13. The fourth-order valence-electron chi connectivity index (χ4n) is 4.21. The van der Waals surface area contributed by atoms with E-state index in [0.29, 0.717) is 6.61 Å². The SMILES string of the molecule is COCCC1(C(=O)N2CCC3(CC2)CC3C(=O)O)CCC1. The van der Waals surface area contributed by atoms with Gasteiger partial charge in [-0.2, -0.15) is 0 Å². The van der Waals surface area contributed by atoms with Crippen LogP contribution < -0.4 is 0 Å². The minimum Gasteiger partial charge on any atom is -0.481 e. The zero-order valence-corrected chi connectivity index (χ0v) is 12.8. The van der Waals surface area contributed by atoms with Gasteiger partial charge < -0.3 is 14.7 Å². The van der Waals surface area contributed by atoms with Gasteiger partial charge >= 0.3 is 5.97 Å². The number of piperidine rings is 1. The van der Waals surface area contributed by atoms with E-state index in [1.807, 2.05) is 4.90 Å². The van der Waals surface area contributed by atoms with E-state index in [2.05, 4.69) is 0 Å². The fraction of sp³-hybridized carbons (Fsp3) is 0.875. The molecule has 2 saturated carbocycles. The number of ether oxygens (including phenoxy) is 1. The Morgan fingerprint density at radius 3 is 2.33 bits per heavy atom. The lowest BCUT2D eigenvalue weighted by atomic mass is 9.65. The van der Waals surface area contributed by atoms with Gasteiger partial charge in [0.15, 0.2) is 0 Å². The molecule has 2 aliphatic carbocycles. The summed E-state index contributed by atoms with van der Waals surface area (Å²) in [7, 11) is 1.68. The molecular weight excluding hydrogens is 270 g/mol. The largest absolute Gasteiger partial charge is 0.481 e. The number of amides is 1. The zero-order valence-electron chi connectivity index (χ0n) is 12.8. The highest BCUT2D eigenvalue weighted by molar-refractivity contribution is 5.84. The molecule has 1 N–H and O–H groups in total. The molecule has 0 radical (unpaired) electrons. The van der Waals surface area contributed by atoms with Crippen LogP contribution in [0.4, 0.5) is 0 Å². The molecule has 1 aliphatic heterocycles. The van der Waals surface area contributed by atoms with Gasteiger partial charge in [-0.3, -0.25) is 9.59 Å². The van der Waals surface area contributed by atoms with Gasteiger partial charge in [-0.25, -0.2) is 0 Å². The average Bonchev–Trinajstić information content (AvgIpc) is 3.12. The molecule has 21 heavy (non-hydrogen) atoms. The van der Waals surface area contributed by atoms with Crippen molar-refractivity contribution in [2.45, 2.75) is 44.9 Å². The number of hydrogen-bond donors (Lipinski definition) is 1. The van der Waals surface area contributed by atoms with Crippen LogP contribution in [0.25, 0.3) is 0 Å². The summed E-state index contributed by atoms with van der Waals surface area (Å²) >= 11 is 0. The van der Waals surface area contributed by atoms with Crippen LogP contribution in [0.5, 0.6) is 0 Å². The summed E-state index contributed by atoms with van der Waals surface area (Å²) in [4.78, 5) is 25.9. The van der Waals surface area contributed by atoms with Crippen LogP contribution >= 0.6 is 0 Å². The van der Waals surface area contributed by atoms with Gasteiger partial charge in [-0.15, -0.1) is 0 Å². The van der Waals surface area contributed by atoms with Crippen LogP contribution in [0.3, 0.4) is 0 Å². The Morgan fingerprint density at radius 2 is 1.90 bits per heavy atom. The van der Waals surface area contributed by atoms with Gasteiger partial charge in [-0.1, -0.05) is 6.42 Å². The number of carboxylic acid groups (broad SMARTS) is 1. The van der Waals surface area contributed by atoms with Crippen molar-refractivity contribution >= 4 is 11.9 Å². The van der Waals surface area contributed by atoms with Gasteiger partial charge in [0.25, 0.3) is 0 Å². The molecule has 0 aromatic carbocycles. The van der Waals surface area contributed by atoms with Crippen molar-refractivity contribution < 1.29 is 19.4 Å². The summed E-state index contributed by atoms with van der Waals surface area (Å²) in [5.41, 5.74) is -0.182. The lowest BCUT2D eigenvalue weighted by Crippen LogP contribution is -2.51. The van der Waals surface area contributed by atoms with E-state index in [-0.39, 0.29) is 22.7 Å². The van der Waals surface area contributed by atoms with Gasteiger partial charge in [0.1, 0.15) is 0 Å². The maximum absolute atomic E-state index is 12.8. The van der Waals surface area contributed by atoms with E-state index in [0.717, 1.165) is 58.0 Å². The lowest BCUT2D eigenvalue weighted by molar-refractivity contribution is -0.151. The van der Waals surface area contributed by atoms with Gasteiger partial charge in [0.2, 0.25) is 5.91 Å². The summed E-state index contributed by atoms with van der Waals surface area (Å²) in [6.07, 6.45) is 6.44. The average molecular weight is 295 g/mol. The quantitative estimate of drug-likeness (QED) is 0.841. The Labute approximate surface area is 125 Å². The Balaban J connectivity index is 1.57. The first-order valence-corrected chi connectivity index (χ1v) is 8.04. The van der Waals surface area contributed by atoms with E-state index >= 15 is 0 Å². The number of methoxy groups -OCH3 is 1. The minimum absolute atomic E-state index is 0.00190. The zero-order chi connectivity index (χ0) is 15.1. The highest BCUT2D eigenvalue weighted by Gasteiger charge is 2.59. The highest BCUT2D eigenvalue weighted by Crippen LogP contribution is 2.59. The monoisotopic (exact) mass is 295 g/mol. The summed E-state index contributed by atoms with van der Waals surface area (Å²) in [6, 6.07) is 0. The second kappa shape index (κ2) is 5.27. The number of carbonyl (C=O) groups excluding carboxylic acids is 1. The Bertz CT molecular complexity index is 436. The van der Waals surface area contributed by atoms with Crippen LogP contribution in [0.15, 0.2) is 0 Å². The number of nitrogens with zero attached hydrogens (tertiary/aromatic N) is 1. The maximum Gasteiger partial charge on any atom is 0.307 e. The van der Waals surface area contributed by atoms with E-state index < -0.39 is 5.97 Å². The summed E-state index contributed by atoms with van der Waals surface area (Å²) in [6.45, 7) is 2.11. The molecule has 3 aliphatic rings. The number of hydrogen-bond acceptors (Lipinski definition) is 3. The van der Waals surface area contributed by atoms with Crippen LogP contribution in [-0.2, 0) is 14.3 Å². The first-order valence-electron chi connectivity index (χ1n) is 8.04. The predicted molar refractivity (Wildman–Crippen MR) is 76.8 cm³/mol. The topological polar surface area (TPSA) is 66.8 Å². The smallest absolute Gasteiger partial charge is 0.307 e. The molecule has 1 saturated heterocycles. The molecule has 0 bridgehead atoms. The molecule has 1 heterocycles. The molecule has 118 valence electrons. The summed E-state index contributed by atoms with van der Waals surface area (Å²) in [5.74, 6) is -0.542. The molecule has 5 nitrogen and oxygen atoms in total. The van der Waals surface area contributed by atoms with Gasteiger partial charge in [0.05, 0.1) is 11.3 Å². The summed E-state index contributed by atoms with van der Waals surface area (Å²) < 4.78 is 5.16. The number of aliphatic carboxylic acids is 1. The number of likely N-dealkylation sites (tertiary alicyclic amines) is 1. The van der Waals surface area contributed by atoms with Gasteiger partial charge in [0, 0.05) is 26.8 Å². The van der Waals surface area contributed by atoms with Crippen molar-refractivity contribution in [1.82, 2.24) is 4.90 Å². The lowest BCUT2D eigenvalue weighted by Gasteiger charge is -2.45.